The van der Waals surface area contributed by atoms with Crippen LogP contribution in [0.25, 0.3) is 0 Å². The Hall–Kier alpha value is -3.49. The fraction of sp³-hybridized carbons (Fsp3) is 0.176. The molecule has 2 rings (SSSR count). The molecule has 0 aliphatic heterocycles. The summed E-state index contributed by atoms with van der Waals surface area (Å²) in [6, 6.07) is 9.26. The molecule has 0 heterocycles. The highest BCUT2D eigenvalue weighted by atomic mass is 19.1. The lowest BCUT2D eigenvalue weighted by Gasteiger charge is -2.12. The zero-order valence-electron chi connectivity index (χ0n) is 14.1. The van der Waals surface area contributed by atoms with Gasteiger partial charge in [0.15, 0.2) is 6.61 Å². The summed E-state index contributed by atoms with van der Waals surface area (Å²) in [7, 11) is 3.70. The molecule has 2 aromatic carbocycles. The van der Waals surface area contributed by atoms with Crippen molar-refractivity contribution in [3.63, 3.8) is 0 Å². The van der Waals surface area contributed by atoms with E-state index in [4.69, 9.17) is 4.74 Å². The van der Waals surface area contributed by atoms with E-state index < -0.39 is 29.2 Å². The number of amides is 1. The lowest BCUT2D eigenvalue weighted by atomic mass is 10.2. The molecular weight excluding hydrogens is 345 g/mol. The average Bonchev–Trinajstić information content (AvgIpc) is 2.61. The van der Waals surface area contributed by atoms with Gasteiger partial charge in [-0.25, -0.2) is 9.18 Å². The predicted molar refractivity (Wildman–Crippen MR) is 92.7 cm³/mol. The van der Waals surface area contributed by atoms with Crippen molar-refractivity contribution in [1.82, 2.24) is 0 Å². The van der Waals surface area contributed by atoms with Gasteiger partial charge in [-0.3, -0.25) is 14.9 Å². The summed E-state index contributed by atoms with van der Waals surface area (Å²) in [4.78, 5) is 35.5. The average molecular weight is 361 g/mol. The molecule has 9 heteroatoms. The Bertz CT molecular complexity index is 837. The van der Waals surface area contributed by atoms with Crippen LogP contribution in [0.1, 0.15) is 10.4 Å². The summed E-state index contributed by atoms with van der Waals surface area (Å²) in [6.07, 6.45) is 0. The molecule has 0 saturated heterocycles. The number of halogens is 1. The van der Waals surface area contributed by atoms with Crippen molar-refractivity contribution >= 4 is 28.9 Å². The number of rotatable bonds is 6. The first-order valence-electron chi connectivity index (χ1n) is 7.46. The van der Waals surface area contributed by atoms with Crippen LogP contribution in [0.5, 0.6) is 0 Å². The van der Waals surface area contributed by atoms with Crippen LogP contribution in [0, 0.1) is 15.9 Å². The number of nitro groups is 1. The van der Waals surface area contributed by atoms with E-state index in [1.54, 1.807) is 24.3 Å². The van der Waals surface area contributed by atoms with E-state index in [1.165, 1.54) is 0 Å². The highest BCUT2D eigenvalue weighted by Gasteiger charge is 2.15. The third-order valence-corrected chi connectivity index (χ3v) is 3.39. The first-order valence-corrected chi connectivity index (χ1v) is 7.46. The minimum absolute atomic E-state index is 0.255. The zero-order chi connectivity index (χ0) is 19.3. The minimum atomic E-state index is -0.838. The monoisotopic (exact) mass is 361 g/mol. The van der Waals surface area contributed by atoms with Gasteiger partial charge in [-0.05, 0) is 30.3 Å². The Kier molecular flexibility index (Phi) is 5.84. The molecule has 0 aliphatic rings. The van der Waals surface area contributed by atoms with Crippen molar-refractivity contribution in [3.8, 4) is 0 Å². The van der Waals surface area contributed by atoms with Gasteiger partial charge in [0.25, 0.3) is 11.6 Å². The lowest BCUT2D eigenvalue weighted by molar-refractivity contribution is -0.384. The van der Waals surface area contributed by atoms with Gasteiger partial charge >= 0.3 is 5.97 Å². The van der Waals surface area contributed by atoms with E-state index in [0.29, 0.717) is 0 Å². The number of nitrogens with one attached hydrogen (secondary N) is 1. The molecule has 136 valence electrons. The molecular formula is C17H16FN3O5. The summed E-state index contributed by atoms with van der Waals surface area (Å²) >= 11 is 0. The second-order valence-electron chi connectivity index (χ2n) is 5.49. The van der Waals surface area contributed by atoms with Crippen molar-refractivity contribution in [2.45, 2.75) is 0 Å². The van der Waals surface area contributed by atoms with Crippen molar-refractivity contribution in [1.29, 1.82) is 0 Å². The summed E-state index contributed by atoms with van der Waals surface area (Å²) in [5.74, 6) is -2.37. The van der Waals surface area contributed by atoms with Crippen LogP contribution in [0.3, 0.4) is 0 Å². The van der Waals surface area contributed by atoms with Gasteiger partial charge < -0.3 is 15.0 Å². The molecule has 0 unspecified atom stereocenters. The molecule has 0 atom stereocenters. The van der Waals surface area contributed by atoms with Crippen LogP contribution in [0.4, 0.5) is 21.5 Å². The molecule has 2 aromatic rings. The van der Waals surface area contributed by atoms with Gasteiger partial charge in [0, 0.05) is 31.9 Å². The predicted octanol–water partition coefficient (Wildman–Crippen LogP) is 2.60. The summed E-state index contributed by atoms with van der Waals surface area (Å²) in [5.41, 5.74) is 0.403. The van der Waals surface area contributed by atoms with Gasteiger partial charge in [0.2, 0.25) is 0 Å². The third kappa shape index (κ3) is 4.76. The Morgan fingerprint density at radius 2 is 1.85 bits per heavy atom. The van der Waals surface area contributed by atoms with Gasteiger partial charge in [-0.2, -0.15) is 0 Å². The van der Waals surface area contributed by atoms with E-state index in [9.17, 15) is 24.1 Å². The molecule has 0 saturated carbocycles. The Morgan fingerprint density at radius 1 is 1.19 bits per heavy atom. The molecule has 0 aromatic heterocycles. The number of carbonyl (C=O) groups is 2. The number of carbonyl (C=O) groups excluding carboxylic acids is 2. The van der Waals surface area contributed by atoms with E-state index >= 15 is 0 Å². The zero-order valence-corrected chi connectivity index (χ0v) is 14.1. The second-order valence-corrected chi connectivity index (χ2v) is 5.49. The molecule has 0 fully saturated rings. The minimum Gasteiger partial charge on any atom is -0.452 e. The summed E-state index contributed by atoms with van der Waals surface area (Å²) in [5, 5.41) is 12.8. The highest BCUT2D eigenvalue weighted by Crippen LogP contribution is 2.21. The number of hydrogen-bond donors (Lipinski definition) is 1. The van der Waals surface area contributed by atoms with Crippen LogP contribution in [-0.4, -0.2) is 37.5 Å². The Labute approximate surface area is 148 Å². The third-order valence-electron chi connectivity index (χ3n) is 3.39. The largest absolute Gasteiger partial charge is 0.452 e. The van der Waals surface area contributed by atoms with Gasteiger partial charge in [0.05, 0.1) is 16.2 Å². The summed E-state index contributed by atoms with van der Waals surface area (Å²) in [6.45, 7) is -0.656. The van der Waals surface area contributed by atoms with E-state index in [1.807, 2.05) is 19.0 Å². The van der Waals surface area contributed by atoms with Crippen molar-refractivity contribution in [2.24, 2.45) is 0 Å². The molecule has 0 bridgehead atoms. The second kappa shape index (κ2) is 8.06. The number of nitro benzene ring substituents is 1. The number of benzene rings is 2. The summed E-state index contributed by atoms with van der Waals surface area (Å²) < 4.78 is 18.5. The molecule has 0 spiro atoms. The molecule has 1 amide bonds. The fourth-order valence-electron chi connectivity index (χ4n) is 2.02. The van der Waals surface area contributed by atoms with Crippen LogP contribution in [0.15, 0.2) is 42.5 Å². The smallest absolute Gasteiger partial charge is 0.338 e. The topological polar surface area (TPSA) is 102 Å². The normalized spacial score (nSPS) is 10.1. The van der Waals surface area contributed by atoms with Gasteiger partial charge in [-0.15, -0.1) is 0 Å². The number of nitrogens with zero attached hydrogens (tertiary/aromatic N) is 2. The van der Waals surface area contributed by atoms with E-state index in [0.717, 1.165) is 23.9 Å². The maximum atomic E-state index is 13.6. The van der Waals surface area contributed by atoms with Gasteiger partial charge in [-0.1, -0.05) is 0 Å². The molecule has 1 N–H and O–H groups in total. The number of non-ortho nitro benzene ring substituents is 1. The number of anilines is 2. The highest BCUT2D eigenvalue weighted by molar-refractivity contribution is 5.95. The lowest BCUT2D eigenvalue weighted by Crippen LogP contribution is -2.21. The number of ether oxygens (including phenoxy) is 1. The molecule has 0 aliphatic carbocycles. The standard InChI is InChI=1S/C17H16FN3O5/c1-20(2)12-5-3-11(4-6-12)17(23)26-10-16(22)19-15-9-13(21(24)25)7-8-14(15)18/h3-9H,10H2,1-2H3,(H,19,22). The molecule has 8 nitrogen and oxygen atoms in total. The number of hydrogen-bond acceptors (Lipinski definition) is 6. The first kappa shape index (κ1) is 18.8. The van der Waals surface area contributed by atoms with Crippen LogP contribution in [0.2, 0.25) is 0 Å². The van der Waals surface area contributed by atoms with Crippen LogP contribution >= 0.6 is 0 Å². The van der Waals surface area contributed by atoms with E-state index in [2.05, 4.69) is 5.32 Å². The van der Waals surface area contributed by atoms with Crippen LogP contribution in [-0.2, 0) is 9.53 Å². The van der Waals surface area contributed by atoms with Gasteiger partial charge in [0.1, 0.15) is 5.82 Å². The maximum absolute atomic E-state index is 13.6. The quantitative estimate of drug-likeness (QED) is 0.482. The van der Waals surface area contributed by atoms with Crippen molar-refractivity contribution in [3.05, 3.63) is 64.0 Å². The number of esters is 1. The SMILES string of the molecule is CN(C)c1ccc(C(=O)OCC(=O)Nc2cc([N+](=O)[O-])ccc2F)cc1. The first-order chi connectivity index (χ1) is 12.3. The maximum Gasteiger partial charge on any atom is 0.338 e. The fourth-order valence-corrected chi connectivity index (χ4v) is 2.02. The van der Waals surface area contributed by atoms with Crippen molar-refractivity contribution in [2.75, 3.05) is 30.9 Å². The van der Waals surface area contributed by atoms with Crippen molar-refractivity contribution < 1.29 is 23.6 Å². The molecule has 26 heavy (non-hydrogen) atoms. The van der Waals surface area contributed by atoms with E-state index in [-0.39, 0.29) is 16.9 Å². The Balaban J connectivity index is 1.95. The van der Waals surface area contributed by atoms with Crippen LogP contribution < -0.4 is 10.2 Å². The Morgan fingerprint density at radius 3 is 2.42 bits per heavy atom. The molecule has 0 radical (unpaired) electrons.